The maximum absolute atomic E-state index is 11.8. The van der Waals surface area contributed by atoms with Gasteiger partial charge in [-0.05, 0) is 44.9 Å². The molecule has 0 aromatic rings. The Morgan fingerprint density at radius 1 is 1.50 bits per heavy atom. The molecule has 86 valence electrons. The molecular formula is C13H18N2O. The van der Waals surface area contributed by atoms with Gasteiger partial charge in [0.05, 0.1) is 6.07 Å². The third-order valence-electron chi connectivity index (χ3n) is 3.72. The van der Waals surface area contributed by atoms with Gasteiger partial charge in [-0.25, -0.2) is 0 Å². The second-order valence-corrected chi connectivity index (χ2v) is 4.81. The van der Waals surface area contributed by atoms with Gasteiger partial charge in [0.25, 0.3) is 0 Å². The third kappa shape index (κ3) is 2.11. The van der Waals surface area contributed by atoms with Gasteiger partial charge in [-0.2, -0.15) is 5.26 Å². The zero-order valence-electron chi connectivity index (χ0n) is 9.59. The van der Waals surface area contributed by atoms with Crippen LogP contribution in [0.25, 0.3) is 0 Å². The summed E-state index contributed by atoms with van der Waals surface area (Å²) < 4.78 is 0. The molecule has 2 rings (SSSR count). The van der Waals surface area contributed by atoms with Crippen LogP contribution < -0.4 is 5.32 Å². The highest BCUT2D eigenvalue weighted by Crippen LogP contribution is 2.40. The summed E-state index contributed by atoms with van der Waals surface area (Å²) in [6.07, 6.45) is 9.32. The van der Waals surface area contributed by atoms with Crippen molar-refractivity contribution in [3.63, 3.8) is 0 Å². The minimum atomic E-state index is -0.690. The topological polar surface area (TPSA) is 52.9 Å². The van der Waals surface area contributed by atoms with Crippen molar-refractivity contribution < 1.29 is 4.79 Å². The minimum absolute atomic E-state index is 0.0557. The SMILES string of the molecule is N#CC1(C(=O)NCCC2=CCCC2)CCC1. The molecule has 1 fully saturated rings. The molecular weight excluding hydrogens is 200 g/mol. The maximum Gasteiger partial charge on any atom is 0.240 e. The molecule has 0 atom stereocenters. The lowest BCUT2D eigenvalue weighted by Crippen LogP contribution is -2.44. The molecule has 1 N–H and O–H groups in total. The Labute approximate surface area is 96.5 Å². The highest BCUT2D eigenvalue weighted by atomic mass is 16.2. The zero-order chi connectivity index (χ0) is 11.4. The first kappa shape index (κ1) is 11.2. The Balaban J connectivity index is 1.73. The van der Waals surface area contributed by atoms with E-state index >= 15 is 0 Å². The molecule has 0 aromatic carbocycles. The Kier molecular flexibility index (Phi) is 3.28. The fourth-order valence-electron chi connectivity index (χ4n) is 2.39. The smallest absolute Gasteiger partial charge is 0.240 e. The Bertz CT molecular complexity index is 347. The molecule has 2 aliphatic rings. The van der Waals surface area contributed by atoms with Crippen LogP contribution in [0.2, 0.25) is 0 Å². The van der Waals surface area contributed by atoms with Crippen LogP contribution in [0.15, 0.2) is 11.6 Å². The summed E-state index contributed by atoms with van der Waals surface area (Å²) in [6, 6.07) is 2.17. The molecule has 0 radical (unpaired) electrons. The molecule has 0 bridgehead atoms. The number of amides is 1. The molecule has 2 aliphatic carbocycles. The van der Waals surface area contributed by atoms with Crippen LogP contribution in [-0.2, 0) is 4.79 Å². The van der Waals surface area contributed by atoms with E-state index in [9.17, 15) is 4.79 Å². The van der Waals surface area contributed by atoms with Gasteiger partial charge in [0.15, 0.2) is 0 Å². The van der Waals surface area contributed by atoms with Gasteiger partial charge in [0, 0.05) is 6.54 Å². The molecule has 3 nitrogen and oxygen atoms in total. The number of nitrogens with zero attached hydrogens (tertiary/aromatic N) is 1. The number of hydrogen-bond acceptors (Lipinski definition) is 2. The molecule has 0 heterocycles. The van der Waals surface area contributed by atoms with Crippen molar-refractivity contribution >= 4 is 5.91 Å². The number of rotatable bonds is 4. The van der Waals surface area contributed by atoms with Crippen LogP contribution in [0.5, 0.6) is 0 Å². The maximum atomic E-state index is 11.8. The summed E-state index contributed by atoms with van der Waals surface area (Å²) >= 11 is 0. The normalized spacial score (nSPS) is 21.8. The predicted octanol–water partition coefficient (Wildman–Crippen LogP) is 2.30. The highest BCUT2D eigenvalue weighted by molar-refractivity contribution is 5.86. The predicted molar refractivity (Wildman–Crippen MR) is 61.5 cm³/mol. The summed E-state index contributed by atoms with van der Waals surface area (Å²) in [5.74, 6) is -0.0557. The van der Waals surface area contributed by atoms with Gasteiger partial charge in [-0.15, -0.1) is 0 Å². The number of hydrogen-bond donors (Lipinski definition) is 1. The quantitative estimate of drug-likeness (QED) is 0.736. The van der Waals surface area contributed by atoms with E-state index in [1.165, 1.54) is 24.8 Å². The van der Waals surface area contributed by atoms with Crippen LogP contribution >= 0.6 is 0 Å². The van der Waals surface area contributed by atoms with E-state index in [1.54, 1.807) is 0 Å². The number of allylic oxidation sites excluding steroid dienone is 1. The fourth-order valence-corrected chi connectivity index (χ4v) is 2.39. The summed E-state index contributed by atoms with van der Waals surface area (Å²) in [4.78, 5) is 11.8. The summed E-state index contributed by atoms with van der Waals surface area (Å²) in [6.45, 7) is 0.689. The lowest BCUT2D eigenvalue weighted by atomic mass is 9.69. The van der Waals surface area contributed by atoms with Crippen molar-refractivity contribution in [2.75, 3.05) is 6.54 Å². The van der Waals surface area contributed by atoms with Crippen LogP contribution in [0.3, 0.4) is 0 Å². The van der Waals surface area contributed by atoms with E-state index in [-0.39, 0.29) is 5.91 Å². The molecule has 1 saturated carbocycles. The van der Waals surface area contributed by atoms with Crippen molar-refractivity contribution in [2.24, 2.45) is 5.41 Å². The lowest BCUT2D eigenvalue weighted by Gasteiger charge is -2.33. The molecule has 1 amide bonds. The monoisotopic (exact) mass is 218 g/mol. The molecule has 3 heteroatoms. The van der Waals surface area contributed by atoms with Crippen molar-refractivity contribution in [2.45, 2.75) is 44.9 Å². The molecule has 0 aliphatic heterocycles. The second-order valence-electron chi connectivity index (χ2n) is 4.81. The van der Waals surface area contributed by atoms with E-state index in [0.717, 1.165) is 25.7 Å². The molecule has 0 saturated heterocycles. The van der Waals surface area contributed by atoms with E-state index < -0.39 is 5.41 Å². The van der Waals surface area contributed by atoms with Gasteiger partial charge in [-0.3, -0.25) is 4.79 Å². The van der Waals surface area contributed by atoms with Crippen molar-refractivity contribution in [1.82, 2.24) is 5.32 Å². The van der Waals surface area contributed by atoms with Gasteiger partial charge in [0.2, 0.25) is 5.91 Å². The van der Waals surface area contributed by atoms with Crippen LogP contribution in [0.1, 0.15) is 44.9 Å². The molecule has 0 unspecified atom stereocenters. The first-order valence-corrected chi connectivity index (χ1v) is 6.14. The van der Waals surface area contributed by atoms with E-state index in [2.05, 4.69) is 17.5 Å². The van der Waals surface area contributed by atoms with Crippen molar-refractivity contribution in [1.29, 1.82) is 5.26 Å². The standard InChI is InChI=1S/C13H18N2O/c14-10-13(7-3-8-13)12(16)15-9-6-11-4-1-2-5-11/h4H,1-3,5-9H2,(H,15,16). The van der Waals surface area contributed by atoms with Crippen LogP contribution in [-0.4, -0.2) is 12.5 Å². The molecule has 0 spiro atoms. The van der Waals surface area contributed by atoms with E-state index in [0.29, 0.717) is 6.54 Å². The summed E-state index contributed by atoms with van der Waals surface area (Å²) in [5, 5.41) is 11.9. The first-order valence-electron chi connectivity index (χ1n) is 6.14. The fraction of sp³-hybridized carbons (Fsp3) is 0.692. The average molecular weight is 218 g/mol. The Morgan fingerprint density at radius 3 is 2.81 bits per heavy atom. The van der Waals surface area contributed by atoms with Gasteiger partial charge >= 0.3 is 0 Å². The Morgan fingerprint density at radius 2 is 2.31 bits per heavy atom. The van der Waals surface area contributed by atoms with Gasteiger partial charge in [-0.1, -0.05) is 11.6 Å². The van der Waals surface area contributed by atoms with E-state index in [4.69, 9.17) is 5.26 Å². The van der Waals surface area contributed by atoms with Crippen molar-refractivity contribution in [3.8, 4) is 6.07 Å². The third-order valence-corrected chi connectivity index (χ3v) is 3.72. The largest absolute Gasteiger partial charge is 0.354 e. The number of nitrogens with one attached hydrogen (secondary N) is 1. The van der Waals surface area contributed by atoms with Gasteiger partial charge in [0.1, 0.15) is 5.41 Å². The van der Waals surface area contributed by atoms with Crippen LogP contribution in [0, 0.1) is 16.7 Å². The Hall–Kier alpha value is -1.30. The number of carbonyl (C=O) groups is 1. The molecule has 16 heavy (non-hydrogen) atoms. The summed E-state index contributed by atoms with van der Waals surface area (Å²) in [5.41, 5.74) is 0.768. The van der Waals surface area contributed by atoms with Crippen LogP contribution in [0.4, 0.5) is 0 Å². The number of nitriles is 1. The van der Waals surface area contributed by atoms with Crippen molar-refractivity contribution in [3.05, 3.63) is 11.6 Å². The zero-order valence-corrected chi connectivity index (χ0v) is 9.59. The van der Waals surface area contributed by atoms with Gasteiger partial charge < -0.3 is 5.32 Å². The second kappa shape index (κ2) is 4.69. The molecule has 0 aromatic heterocycles. The highest BCUT2D eigenvalue weighted by Gasteiger charge is 2.44. The van der Waals surface area contributed by atoms with E-state index in [1.807, 2.05) is 0 Å². The number of carbonyl (C=O) groups excluding carboxylic acids is 1. The summed E-state index contributed by atoms with van der Waals surface area (Å²) in [7, 11) is 0. The first-order chi connectivity index (χ1) is 7.77. The average Bonchev–Trinajstić information content (AvgIpc) is 2.70. The lowest BCUT2D eigenvalue weighted by molar-refractivity contribution is -0.131. The minimum Gasteiger partial charge on any atom is -0.354 e.